The van der Waals surface area contributed by atoms with E-state index in [0.717, 1.165) is 0 Å². The van der Waals surface area contributed by atoms with Crippen LogP contribution in [-0.2, 0) is 10.0 Å². The highest BCUT2D eigenvalue weighted by Crippen LogP contribution is 2.42. The third kappa shape index (κ3) is 2.97. The molecule has 17 heavy (non-hydrogen) atoms. The lowest BCUT2D eigenvalue weighted by Gasteiger charge is -2.46. The summed E-state index contributed by atoms with van der Waals surface area (Å²) < 4.78 is 6.35. The molecule has 0 heterocycles. The van der Waals surface area contributed by atoms with Crippen LogP contribution in [-0.4, -0.2) is 15.6 Å². The van der Waals surface area contributed by atoms with Crippen LogP contribution < -0.4 is 5.73 Å². The van der Waals surface area contributed by atoms with E-state index >= 15 is 0 Å². The van der Waals surface area contributed by atoms with Crippen molar-refractivity contribution in [2.45, 2.75) is 39.5 Å². The van der Waals surface area contributed by atoms with Gasteiger partial charge in [-0.3, -0.25) is 0 Å². The largest absolute Gasteiger partial charge is 0.409 e. The minimum absolute atomic E-state index is 0.0135. The monoisotopic (exact) mass is 251 g/mol. The first-order valence-corrected chi connectivity index (χ1v) is 9.05. The van der Waals surface area contributed by atoms with Gasteiger partial charge in [-0.15, -0.1) is 0 Å². The molecule has 0 amide bonds. The topological polar surface area (TPSA) is 35.2 Å². The highest BCUT2D eigenvalue weighted by molar-refractivity contribution is 6.48. The smallest absolute Gasteiger partial charge is 0.172 e. The fraction of sp³-hybridized carbons (Fsp3) is 0.571. The van der Waals surface area contributed by atoms with Crippen molar-refractivity contribution in [3.63, 3.8) is 0 Å². The van der Waals surface area contributed by atoms with Crippen molar-refractivity contribution in [1.29, 1.82) is 0 Å². The molecule has 0 saturated carbocycles. The molecule has 1 unspecified atom stereocenters. The number of hydrogen-bond acceptors (Lipinski definition) is 2. The number of hydrogen-bond donors (Lipinski definition) is 1. The molecule has 0 aliphatic carbocycles. The second-order valence-corrected chi connectivity index (χ2v) is 8.15. The van der Waals surface area contributed by atoms with Crippen LogP contribution in [0.15, 0.2) is 30.3 Å². The van der Waals surface area contributed by atoms with Gasteiger partial charge in [0, 0.05) is 6.54 Å². The maximum Gasteiger partial charge on any atom is 0.172 e. The Morgan fingerprint density at radius 1 is 1.12 bits per heavy atom. The SMILES string of the molecule is C[SiH](C)OC(CN)(c1ccccc1)C(C)(C)C. The van der Waals surface area contributed by atoms with Gasteiger partial charge in [0.15, 0.2) is 9.04 Å². The van der Waals surface area contributed by atoms with Crippen molar-refractivity contribution < 1.29 is 4.43 Å². The molecule has 1 atom stereocenters. The highest BCUT2D eigenvalue weighted by atomic mass is 28.3. The molecule has 0 aromatic heterocycles. The minimum Gasteiger partial charge on any atom is -0.409 e. The van der Waals surface area contributed by atoms with Gasteiger partial charge < -0.3 is 10.2 Å². The first-order chi connectivity index (χ1) is 7.83. The second kappa shape index (κ2) is 5.34. The van der Waals surface area contributed by atoms with Gasteiger partial charge in [0.1, 0.15) is 0 Å². The van der Waals surface area contributed by atoms with Crippen molar-refractivity contribution in [3.05, 3.63) is 35.9 Å². The molecular weight excluding hydrogens is 226 g/mol. The molecule has 0 spiro atoms. The fourth-order valence-corrected chi connectivity index (χ4v) is 3.65. The summed E-state index contributed by atoms with van der Waals surface area (Å²) in [6.45, 7) is 11.5. The number of benzene rings is 1. The molecule has 0 bridgehead atoms. The average Bonchev–Trinajstić information content (AvgIpc) is 2.25. The molecule has 2 nitrogen and oxygen atoms in total. The Kier molecular flexibility index (Phi) is 4.53. The predicted molar refractivity (Wildman–Crippen MR) is 76.6 cm³/mol. The van der Waals surface area contributed by atoms with E-state index in [1.807, 2.05) is 6.07 Å². The summed E-state index contributed by atoms with van der Waals surface area (Å²) >= 11 is 0. The molecule has 1 rings (SSSR count). The van der Waals surface area contributed by atoms with Crippen LogP contribution in [0.25, 0.3) is 0 Å². The third-order valence-electron chi connectivity index (χ3n) is 3.18. The molecule has 0 aliphatic rings. The normalized spacial score (nSPS) is 15.9. The summed E-state index contributed by atoms with van der Waals surface area (Å²) in [5.74, 6) is 0. The summed E-state index contributed by atoms with van der Waals surface area (Å²) in [5.41, 5.74) is 6.88. The van der Waals surface area contributed by atoms with Gasteiger partial charge in [-0.1, -0.05) is 51.1 Å². The highest BCUT2D eigenvalue weighted by Gasteiger charge is 2.43. The van der Waals surface area contributed by atoms with Crippen LogP contribution in [0.5, 0.6) is 0 Å². The Bertz CT molecular complexity index is 345. The van der Waals surface area contributed by atoms with Gasteiger partial charge >= 0.3 is 0 Å². The Balaban J connectivity index is 3.27. The molecule has 96 valence electrons. The van der Waals surface area contributed by atoms with E-state index < -0.39 is 9.04 Å². The molecule has 1 aromatic rings. The van der Waals surface area contributed by atoms with Gasteiger partial charge in [-0.05, 0) is 24.1 Å². The van der Waals surface area contributed by atoms with Crippen LogP contribution in [0.2, 0.25) is 13.1 Å². The molecule has 3 heteroatoms. The minimum atomic E-state index is -1.16. The van der Waals surface area contributed by atoms with E-state index in [-0.39, 0.29) is 11.0 Å². The van der Waals surface area contributed by atoms with E-state index in [2.05, 4.69) is 58.1 Å². The van der Waals surface area contributed by atoms with Crippen LogP contribution in [0.3, 0.4) is 0 Å². The molecule has 2 N–H and O–H groups in total. The molecule has 0 saturated heterocycles. The summed E-state index contributed by atoms with van der Waals surface area (Å²) in [6.07, 6.45) is 0. The van der Waals surface area contributed by atoms with Crippen LogP contribution in [0.4, 0.5) is 0 Å². The van der Waals surface area contributed by atoms with Crippen molar-refractivity contribution in [2.24, 2.45) is 11.1 Å². The van der Waals surface area contributed by atoms with Crippen molar-refractivity contribution >= 4 is 9.04 Å². The Morgan fingerprint density at radius 2 is 1.65 bits per heavy atom. The van der Waals surface area contributed by atoms with E-state index in [1.165, 1.54) is 5.56 Å². The van der Waals surface area contributed by atoms with E-state index in [9.17, 15) is 0 Å². The Morgan fingerprint density at radius 3 is 2.00 bits per heavy atom. The summed E-state index contributed by atoms with van der Waals surface area (Å²) in [4.78, 5) is 0. The van der Waals surface area contributed by atoms with Crippen LogP contribution >= 0.6 is 0 Å². The first kappa shape index (κ1) is 14.4. The Labute approximate surface area is 107 Å². The van der Waals surface area contributed by atoms with Gasteiger partial charge in [0.05, 0.1) is 5.60 Å². The summed E-state index contributed by atoms with van der Waals surface area (Å²) in [5, 5.41) is 0. The molecule has 0 fully saturated rings. The lowest BCUT2D eigenvalue weighted by Crippen LogP contribution is -2.50. The summed E-state index contributed by atoms with van der Waals surface area (Å²) in [6, 6.07) is 10.4. The van der Waals surface area contributed by atoms with Crippen LogP contribution in [0.1, 0.15) is 26.3 Å². The maximum atomic E-state index is 6.35. The molecule has 0 aliphatic heterocycles. The Hall–Kier alpha value is -0.643. The maximum absolute atomic E-state index is 6.35. The van der Waals surface area contributed by atoms with Gasteiger partial charge in [-0.2, -0.15) is 0 Å². The zero-order valence-electron chi connectivity index (χ0n) is 11.7. The second-order valence-electron chi connectivity index (χ2n) is 5.81. The molecule has 0 radical (unpaired) electrons. The number of nitrogens with two attached hydrogens (primary N) is 1. The van der Waals surface area contributed by atoms with Crippen LogP contribution in [0, 0.1) is 5.41 Å². The van der Waals surface area contributed by atoms with Crippen molar-refractivity contribution in [3.8, 4) is 0 Å². The predicted octanol–water partition coefficient (Wildman–Crippen LogP) is 2.89. The quantitative estimate of drug-likeness (QED) is 0.835. The fourth-order valence-electron chi connectivity index (χ4n) is 2.26. The zero-order chi connectivity index (χ0) is 13.1. The molecule has 1 aromatic carbocycles. The number of rotatable bonds is 4. The average molecular weight is 251 g/mol. The zero-order valence-corrected chi connectivity index (χ0v) is 12.8. The summed E-state index contributed by atoms with van der Waals surface area (Å²) in [7, 11) is -1.16. The van der Waals surface area contributed by atoms with E-state index in [1.54, 1.807) is 0 Å². The van der Waals surface area contributed by atoms with E-state index in [4.69, 9.17) is 10.2 Å². The lowest BCUT2D eigenvalue weighted by molar-refractivity contribution is -0.0327. The van der Waals surface area contributed by atoms with Crippen molar-refractivity contribution in [2.75, 3.05) is 6.54 Å². The third-order valence-corrected chi connectivity index (χ3v) is 4.05. The van der Waals surface area contributed by atoms with Gasteiger partial charge in [0.25, 0.3) is 0 Å². The van der Waals surface area contributed by atoms with Gasteiger partial charge in [-0.25, -0.2) is 0 Å². The van der Waals surface area contributed by atoms with Gasteiger partial charge in [0.2, 0.25) is 0 Å². The first-order valence-electron chi connectivity index (χ1n) is 6.27. The van der Waals surface area contributed by atoms with E-state index in [0.29, 0.717) is 6.54 Å². The lowest BCUT2D eigenvalue weighted by atomic mass is 9.72. The molecular formula is C14H25NOSi. The standard InChI is InChI=1S/C14H25NOSi/c1-13(2,3)14(11-15,16-17(4)5)12-9-7-6-8-10-12/h6-10,17H,11,15H2,1-5H3. The van der Waals surface area contributed by atoms with Crippen molar-refractivity contribution in [1.82, 2.24) is 0 Å².